The molecule has 0 fully saturated rings. The van der Waals surface area contributed by atoms with Crippen molar-refractivity contribution in [3.8, 4) is 17.3 Å². The molecule has 156 valence electrons. The fourth-order valence-electron chi connectivity index (χ4n) is 3.52. The SMILES string of the molecule is COc1ccccc1CN[C@@H](Cc1cc(=O)[nH]c(-c2ccccn2)n1)c1ccccc1. The third kappa shape index (κ3) is 5.24. The van der Waals surface area contributed by atoms with Crippen LogP contribution < -0.4 is 15.6 Å². The Balaban J connectivity index is 1.61. The molecule has 0 saturated carbocycles. The maximum absolute atomic E-state index is 12.3. The van der Waals surface area contributed by atoms with Gasteiger partial charge in [-0.3, -0.25) is 9.78 Å². The molecule has 4 rings (SSSR count). The van der Waals surface area contributed by atoms with Crippen molar-refractivity contribution in [2.45, 2.75) is 19.0 Å². The van der Waals surface area contributed by atoms with Crippen LogP contribution in [-0.4, -0.2) is 22.1 Å². The van der Waals surface area contributed by atoms with E-state index in [1.807, 2.05) is 60.7 Å². The van der Waals surface area contributed by atoms with Crippen molar-refractivity contribution < 1.29 is 4.74 Å². The number of hydrogen-bond donors (Lipinski definition) is 2. The van der Waals surface area contributed by atoms with Crippen LogP contribution in [0.3, 0.4) is 0 Å². The first kappa shape index (κ1) is 20.5. The lowest BCUT2D eigenvalue weighted by Gasteiger charge is -2.20. The number of rotatable bonds is 8. The zero-order valence-corrected chi connectivity index (χ0v) is 17.3. The minimum atomic E-state index is -0.192. The number of hydrogen-bond acceptors (Lipinski definition) is 5. The van der Waals surface area contributed by atoms with E-state index in [4.69, 9.17) is 4.74 Å². The van der Waals surface area contributed by atoms with Crippen molar-refractivity contribution in [2.75, 3.05) is 7.11 Å². The van der Waals surface area contributed by atoms with E-state index < -0.39 is 0 Å². The molecular weight excluding hydrogens is 388 g/mol. The minimum absolute atomic E-state index is 0.0306. The highest BCUT2D eigenvalue weighted by atomic mass is 16.5. The molecule has 31 heavy (non-hydrogen) atoms. The summed E-state index contributed by atoms with van der Waals surface area (Å²) in [6.07, 6.45) is 2.24. The highest BCUT2D eigenvalue weighted by molar-refractivity contribution is 5.48. The van der Waals surface area contributed by atoms with Crippen molar-refractivity contribution in [2.24, 2.45) is 0 Å². The molecule has 0 unspecified atom stereocenters. The first-order valence-corrected chi connectivity index (χ1v) is 10.1. The Morgan fingerprint density at radius 2 is 1.77 bits per heavy atom. The van der Waals surface area contributed by atoms with E-state index in [1.54, 1.807) is 19.4 Å². The van der Waals surface area contributed by atoms with Crippen LogP contribution in [0.5, 0.6) is 5.75 Å². The molecule has 0 saturated heterocycles. The summed E-state index contributed by atoms with van der Waals surface area (Å²) in [7, 11) is 1.67. The van der Waals surface area contributed by atoms with Gasteiger partial charge in [0.15, 0.2) is 5.82 Å². The van der Waals surface area contributed by atoms with Crippen LogP contribution >= 0.6 is 0 Å². The van der Waals surface area contributed by atoms with Crippen LogP contribution in [0.2, 0.25) is 0 Å². The lowest BCUT2D eigenvalue weighted by atomic mass is 10.0. The summed E-state index contributed by atoms with van der Waals surface area (Å²) in [5.74, 6) is 1.31. The first-order valence-electron chi connectivity index (χ1n) is 10.1. The van der Waals surface area contributed by atoms with Gasteiger partial charge in [0.2, 0.25) is 0 Å². The summed E-state index contributed by atoms with van der Waals surface area (Å²) < 4.78 is 5.48. The van der Waals surface area contributed by atoms with Gasteiger partial charge in [0.05, 0.1) is 12.8 Å². The summed E-state index contributed by atoms with van der Waals surface area (Å²) in [5.41, 5.74) is 3.34. The van der Waals surface area contributed by atoms with E-state index >= 15 is 0 Å². The highest BCUT2D eigenvalue weighted by Gasteiger charge is 2.15. The molecule has 4 aromatic rings. The van der Waals surface area contributed by atoms with Crippen LogP contribution in [-0.2, 0) is 13.0 Å². The second kappa shape index (κ2) is 9.82. The van der Waals surface area contributed by atoms with Gasteiger partial charge >= 0.3 is 0 Å². The molecule has 1 atom stereocenters. The Morgan fingerprint density at radius 3 is 2.55 bits per heavy atom. The maximum atomic E-state index is 12.3. The normalized spacial score (nSPS) is 11.8. The Kier molecular flexibility index (Phi) is 6.50. The molecule has 6 nitrogen and oxygen atoms in total. The molecule has 0 aliphatic heterocycles. The standard InChI is InChI=1S/C25H24N4O2/c1-31-23-13-6-5-11-19(23)17-27-22(18-9-3-2-4-10-18)15-20-16-24(30)29-25(28-20)21-12-7-8-14-26-21/h2-14,16,22,27H,15,17H2,1H3,(H,28,29,30)/t22-/m0/s1. The number of aromatic amines is 1. The summed E-state index contributed by atoms with van der Waals surface area (Å²) in [5, 5.41) is 3.61. The van der Waals surface area contributed by atoms with Crippen molar-refractivity contribution in [1.82, 2.24) is 20.3 Å². The van der Waals surface area contributed by atoms with Gasteiger partial charge < -0.3 is 15.0 Å². The van der Waals surface area contributed by atoms with Gasteiger partial charge in [0.1, 0.15) is 11.4 Å². The van der Waals surface area contributed by atoms with Gasteiger partial charge in [-0.15, -0.1) is 0 Å². The Hall–Kier alpha value is -3.77. The fourth-order valence-corrected chi connectivity index (χ4v) is 3.52. The van der Waals surface area contributed by atoms with Gasteiger partial charge in [0, 0.05) is 36.8 Å². The largest absolute Gasteiger partial charge is 0.496 e. The molecular formula is C25H24N4O2. The Morgan fingerprint density at radius 1 is 1.00 bits per heavy atom. The van der Waals surface area contributed by atoms with Crippen molar-refractivity contribution in [3.05, 3.63) is 112 Å². The Labute approximate surface area is 181 Å². The van der Waals surface area contributed by atoms with Gasteiger partial charge in [-0.1, -0.05) is 54.6 Å². The smallest absolute Gasteiger partial charge is 0.251 e. The lowest BCUT2D eigenvalue weighted by Crippen LogP contribution is -2.24. The van der Waals surface area contributed by atoms with Crippen LogP contribution in [0.15, 0.2) is 89.9 Å². The van der Waals surface area contributed by atoms with E-state index in [-0.39, 0.29) is 11.6 Å². The zero-order chi connectivity index (χ0) is 21.5. The zero-order valence-electron chi connectivity index (χ0n) is 17.3. The highest BCUT2D eigenvalue weighted by Crippen LogP contribution is 2.22. The van der Waals surface area contributed by atoms with Gasteiger partial charge in [-0.2, -0.15) is 0 Å². The number of H-pyrrole nitrogens is 1. The lowest BCUT2D eigenvalue weighted by molar-refractivity contribution is 0.405. The van der Waals surface area contributed by atoms with Crippen LogP contribution in [0, 0.1) is 0 Å². The molecule has 2 N–H and O–H groups in total. The van der Waals surface area contributed by atoms with Gasteiger partial charge in [-0.25, -0.2) is 4.98 Å². The third-order valence-corrected chi connectivity index (χ3v) is 5.05. The number of nitrogens with one attached hydrogen (secondary N) is 2. The van der Waals surface area contributed by atoms with E-state index in [1.165, 1.54) is 0 Å². The summed E-state index contributed by atoms with van der Waals surface area (Å²) in [4.78, 5) is 24.1. The average molecular weight is 412 g/mol. The number of aromatic nitrogens is 3. The molecule has 0 amide bonds. The van der Waals surface area contributed by atoms with Crippen LogP contribution in [0.1, 0.15) is 22.9 Å². The summed E-state index contributed by atoms with van der Waals surface area (Å²) in [6.45, 7) is 0.625. The topological polar surface area (TPSA) is 79.9 Å². The second-order valence-corrected chi connectivity index (χ2v) is 7.16. The molecule has 0 bridgehead atoms. The monoisotopic (exact) mass is 412 g/mol. The molecule has 2 heterocycles. The van der Waals surface area contributed by atoms with E-state index in [2.05, 4.69) is 32.4 Å². The maximum Gasteiger partial charge on any atom is 0.251 e. The predicted molar refractivity (Wildman–Crippen MR) is 121 cm³/mol. The van der Waals surface area contributed by atoms with Gasteiger partial charge in [-0.05, 0) is 23.8 Å². The molecule has 6 heteroatoms. The summed E-state index contributed by atoms with van der Waals surface area (Å²) >= 11 is 0. The number of ether oxygens (including phenoxy) is 1. The fraction of sp³-hybridized carbons (Fsp3) is 0.160. The minimum Gasteiger partial charge on any atom is -0.496 e. The Bertz CT molecular complexity index is 1180. The quantitative estimate of drug-likeness (QED) is 0.459. The molecule has 2 aromatic carbocycles. The molecule has 2 aromatic heterocycles. The average Bonchev–Trinajstić information content (AvgIpc) is 2.82. The van der Waals surface area contributed by atoms with Crippen molar-refractivity contribution in [3.63, 3.8) is 0 Å². The molecule has 0 aliphatic carbocycles. The van der Waals surface area contributed by atoms with E-state index in [0.717, 1.165) is 16.9 Å². The molecule has 0 spiro atoms. The molecule has 0 aliphatic rings. The van der Waals surface area contributed by atoms with E-state index in [0.29, 0.717) is 30.2 Å². The predicted octanol–water partition coefficient (Wildman–Crippen LogP) is 3.91. The number of benzene rings is 2. The van der Waals surface area contributed by atoms with Crippen molar-refractivity contribution >= 4 is 0 Å². The van der Waals surface area contributed by atoms with Gasteiger partial charge in [0.25, 0.3) is 5.56 Å². The number of para-hydroxylation sites is 1. The number of pyridine rings is 1. The van der Waals surface area contributed by atoms with Crippen LogP contribution in [0.25, 0.3) is 11.5 Å². The molecule has 0 radical (unpaired) electrons. The van der Waals surface area contributed by atoms with Crippen molar-refractivity contribution in [1.29, 1.82) is 0 Å². The first-order chi connectivity index (χ1) is 15.2. The van der Waals surface area contributed by atoms with Crippen LogP contribution in [0.4, 0.5) is 0 Å². The number of nitrogens with zero attached hydrogens (tertiary/aromatic N) is 2. The third-order valence-electron chi connectivity index (χ3n) is 5.05. The van der Waals surface area contributed by atoms with E-state index in [9.17, 15) is 4.79 Å². The second-order valence-electron chi connectivity index (χ2n) is 7.16. The number of methoxy groups -OCH3 is 1. The summed E-state index contributed by atoms with van der Waals surface area (Å²) in [6, 6.07) is 25.2.